The Bertz CT molecular complexity index is 678. The molecule has 0 radical (unpaired) electrons. The molecule has 0 unspecified atom stereocenters. The molecule has 0 heterocycles. The van der Waals surface area contributed by atoms with E-state index in [-0.39, 0.29) is 0 Å². The Kier molecular flexibility index (Phi) is 5.49. The van der Waals surface area contributed by atoms with Gasteiger partial charge in [-0.3, -0.25) is 0 Å². The summed E-state index contributed by atoms with van der Waals surface area (Å²) in [5.74, 6) is 0.429. The molecule has 0 bridgehead atoms. The van der Waals surface area contributed by atoms with E-state index in [1.165, 1.54) is 0 Å². The number of methoxy groups -OCH3 is 2. The second-order valence-corrected chi connectivity index (χ2v) is 5.51. The molecule has 5 heteroatoms. The standard InChI is InChI=1S/C17H16O4S/c1-20-15-9-8-14(11-16(15)21-2)22-13-6-3-12(4-7-13)5-10-17(18)19/h3-11H,1-2H3,(H,18,19). The predicted molar refractivity (Wildman–Crippen MR) is 86.8 cm³/mol. The van der Waals surface area contributed by atoms with E-state index < -0.39 is 5.97 Å². The van der Waals surface area contributed by atoms with Crippen molar-refractivity contribution < 1.29 is 19.4 Å². The van der Waals surface area contributed by atoms with Gasteiger partial charge in [-0.05, 0) is 42.0 Å². The number of carbonyl (C=O) groups is 1. The van der Waals surface area contributed by atoms with Crippen LogP contribution in [-0.4, -0.2) is 25.3 Å². The number of carboxylic acids is 1. The van der Waals surface area contributed by atoms with Crippen molar-refractivity contribution in [1.82, 2.24) is 0 Å². The van der Waals surface area contributed by atoms with Gasteiger partial charge in [-0.15, -0.1) is 0 Å². The fourth-order valence-electron chi connectivity index (χ4n) is 1.83. The van der Waals surface area contributed by atoms with Crippen molar-refractivity contribution >= 4 is 23.8 Å². The molecule has 0 aliphatic rings. The maximum absolute atomic E-state index is 10.5. The smallest absolute Gasteiger partial charge is 0.328 e. The number of benzene rings is 2. The average Bonchev–Trinajstić information content (AvgIpc) is 2.54. The number of carboxylic acid groups (broad SMARTS) is 1. The first-order valence-electron chi connectivity index (χ1n) is 6.53. The molecule has 0 aromatic heterocycles. The van der Waals surface area contributed by atoms with Crippen LogP contribution in [0.2, 0.25) is 0 Å². The van der Waals surface area contributed by atoms with Gasteiger partial charge in [-0.1, -0.05) is 23.9 Å². The van der Waals surface area contributed by atoms with Crippen LogP contribution in [0.1, 0.15) is 5.56 Å². The third-order valence-corrected chi connectivity index (χ3v) is 3.89. The predicted octanol–water partition coefficient (Wildman–Crippen LogP) is 3.95. The maximum Gasteiger partial charge on any atom is 0.328 e. The minimum Gasteiger partial charge on any atom is -0.493 e. The van der Waals surface area contributed by atoms with Crippen molar-refractivity contribution in [2.75, 3.05) is 14.2 Å². The lowest BCUT2D eigenvalue weighted by molar-refractivity contribution is -0.131. The van der Waals surface area contributed by atoms with Crippen LogP contribution in [0.3, 0.4) is 0 Å². The normalized spacial score (nSPS) is 10.6. The van der Waals surface area contributed by atoms with Crippen LogP contribution in [0.15, 0.2) is 58.3 Å². The van der Waals surface area contributed by atoms with Gasteiger partial charge in [-0.25, -0.2) is 4.79 Å². The minimum absolute atomic E-state index is 0.688. The van der Waals surface area contributed by atoms with Crippen molar-refractivity contribution in [3.05, 3.63) is 54.1 Å². The van der Waals surface area contributed by atoms with Crippen molar-refractivity contribution in [2.24, 2.45) is 0 Å². The van der Waals surface area contributed by atoms with Gasteiger partial charge in [0.15, 0.2) is 11.5 Å². The van der Waals surface area contributed by atoms with Crippen molar-refractivity contribution in [3.63, 3.8) is 0 Å². The van der Waals surface area contributed by atoms with Gasteiger partial charge in [-0.2, -0.15) is 0 Å². The monoisotopic (exact) mass is 316 g/mol. The van der Waals surface area contributed by atoms with Crippen LogP contribution < -0.4 is 9.47 Å². The number of aliphatic carboxylic acids is 1. The molecule has 22 heavy (non-hydrogen) atoms. The van der Waals surface area contributed by atoms with Crippen LogP contribution in [0, 0.1) is 0 Å². The first-order chi connectivity index (χ1) is 10.6. The highest BCUT2D eigenvalue weighted by Crippen LogP contribution is 2.35. The van der Waals surface area contributed by atoms with Gasteiger partial charge < -0.3 is 14.6 Å². The molecule has 0 fully saturated rings. The Morgan fingerprint density at radius 3 is 2.23 bits per heavy atom. The molecule has 114 valence electrons. The van der Waals surface area contributed by atoms with Crippen molar-refractivity contribution in [3.8, 4) is 11.5 Å². The Morgan fingerprint density at radius 1 is 1.00 bits per heavy atom. The molecule has 0 saturated carbocycles. The lowest BCUT2D eigenvalue weighted by Gasteiger charge is -2.09. The zero-order valence-electron chi connectivity index (χ0n) is 12.3. The summed E-state index contributed by atoms with van der Waals surface area (Å²) in [5.41, 5.74) is 0.846. The zero-order valence-corrected chi connectivity index (χ0v) is 13.1. The lowest BCUT2D eigenvalue weighted by atomic mass is 10.2. The maximum atomic E-state index is 10.5. The molecule has 2 aromatic carbocycles. The summed E-state index contributed by atoms with van der Waals surface area (Å²) < 4.78 is 10.5. The SMILES string of the molecule is COc1ccc(Sc2ccc(C=CC(=O)O)cc2)cc1OC. The van der Waals surface area contributed by atoms with Crippen LogP contribution in [0.5, 0.6) is 11.5 Å². The van der Waals surface area contributed by atoms with Gasteiger partial charge in [0.05, 0.1) is 14.2 Å². The highest BCUT2D eigenvalue weighted by molar-refractivity contribution is 7.99. The first kappa shape index (κ1) is 16.0. The zero-order chi connectivity index (χ0) is 15.9. The van der Waals surface area contributed by atoms with Crippen LogP contribution in [-0.2, 0) is 4.79 Å². The van der Waals surface area contributed by atoms with E-state index in [0.29, 0.717) is 11.5 Å². The van der Waals surface area contributed by atoms with E-state index in [9.17, 15) is 4.79 Å². The van der Waals surface area contributed by atoms with Crippen molar-refractivity contribution in [2.45, 2.75) is 9.79 Å². The van der Waals surface area contributed by atoms with Crippen LogP contribution in [0.25, 0.3) is 6.08 Å². The first-order valence-corrected chi connectivity index (χ1v) is 7.35. The van der Waals surface area contributed by atoms with Gasteiger partial charge in [0.25, 0.3) is 0 Å². The van der Waals surface area contributed by atoms with E-state index >= 15 is 0 Å². The summed E-state index contributed by atoms with van der Waals surface area (Å²) >= 11 is 1.59. The molecule has 2 aromatic rings. The summed E-state index contributed by atoms with van der Waals surface area (Å²) in [6.07, 6.45) is 2.68. The van der Waals surface area contributed by atoms with E-state index in [4.69, 9.17) is 14.6 Å². The molecule has 0 spiro atoms. The van der Waals surface area contributed by atoms with E-state index in [2.05, 4.69) is 0 Å². The Hall–Kier alpha value is -2.40. The summed E-state index contributed by atoms with van der Waals surface area (Å²) in [7, 11) is 3.21. The number of rotatable bonds is 6. The van der Waals surface area contributed by atoms with Gasteiger partial charge in [0.1, 0.15) is 0 Å². The third-order valence-electron chi connectivity index (χ3n) is 2.89. The quantitative estimate of drug-likeness (QED) is 0.818. The molecule has 0 amide bonds. The second-order valence-electron chi connectivity index (χ2n) is 4.36. The Labute approximate surface area is 133 Å². The summed E-state index contributed by atoms with van der Waals surface area (Å²) in [6, 6.07) is 13.4. The topological polar surface area (TPSA) is 55.8 Å². The highest BCUT2D eigenvalue weighted by Gasteiger charge is 2.05. The summed E-state index contributed by atoms with van der Waals surface area (Å²) in [5, 5.41) is 8.60. The molecule has 4 nitrogen and oxygen atoms in total. The Balaban J connectivity index is 2.12. The number of ether oxygens (including phenoxy) is 2. The molecular weight excluding hydrogens is 300 g/mol. The minimum atomic E-state index is -0.955. The molecule has 0 atom stereocenters. The highest BCUT2D eigenvalue weighted by atomic mass is 32.2. The summed E-state index contributed by atoms with van der Waals surface area (Å²) in [4.78, 5) is 12.6. The van der Waals surface area contributed by atoms with E-state index in [0.717, 1.165) is 21.4 Å². The van der Waals surface area contributed by atoms with E-state index in [1.807, 2.05) is 42.5 Å². The molecule has 0 saturated heterocycles. The Morgan fingerprint density at radius 2 is 1.64 bits per heavy atom. The molecule has 2 rings (SSSR count). The van der Waals surface area contributed by atoms with Gasteiger partial charge in [0.2, 0.25) is 0 Å². The number of hydrogen-bond donors (Lipinski definition) is 1. The van der Waals surface area contributed by atoms with Crippen LogP contribution >= 0.6 is 11.8 Å². The summed E-state index contributed by atoms with van der Waals surface area (Å²) in [6.45, 7) is 0. The fourth-order valence-corrected chi connectivity index (χ4v) is 2.68. The van der Waals surface area contributed by atoms with Crippen LogP contribution in [0.4, 0.5) is 0 Å². The molecule has 0 aliphatic heterocycles. The van der Waals surface area contributed by atoms with E-state index in [1.54, 1.807) is 32.1 Å². The molecular formula is C17H16O4S. The molecule has 1 N–H and O–H groups in total. The molecule has 0 aliphatic carbocycles. The largest absolute Gasteiger partial charge is 0.493 e. The fraction of sp³-hybridized carbons (Fsp3) is 0.118. The third kappa shape index (κ3) is 4.30. The second kappa shape index (κ2) is 7.56. The average molecular weight is 316 g/mol. The lowest BCUT2D eigenvalue weighted by Crippen LogP contribution is -1.90. The van der Waals surface area contributed by atoms with Gasteiger partial charge >= 0.3 is 5.97 Å². The number of hydrogen-bond acceptors (Lipinski definition) is 4. The van der Waals surface area contributed by atoms with Gasteiger partial charge in [0, 0.05) is 15.9 Å². The van der Waals surface area contributed by atoms with Crippen molar-refractivity contribution in [1.29, 1.82) is 0 Å².